The Morgan fingerprint density at radius 1 is 1.26 bits per heavy atom. The Bertz CT molecular complexity index is 1320. The summed E-state index contributed by atoms with van der Waals surface area (Å²) in [7, 11) is 1.46. The van der Waals surface area contributed by atoms with Crippen molar-refractivity contribution in [1.82, 2.24) is 9.66 Å². The number of aromatic nitrogens is 2. The van der Waals surface area contributed by atoms with Gasteiger partial charge in [0.1, 0.15) is 5.82 Å². The van der Waals surface area contributed by atoms with Crippen molar-refractivity contribution in [3.63, 3.8) is 0 Å². The fourth-order valence-corrected chi connectivity index (χ4v) is 3.92. The van der Waals surface area contributed by atoms with Crippen molar-refractivity contribution >= 4 is 50.6 Å². The normalized spacial score (nSPS) is 13.1. The SMILES string of the molecule is CCOC(=O)[C@@H](C)Oc1c(C=Nn2c([C@@H](C)CC)nc3ccc(Br)cc3c2=O)cc(Cl)cc1OC. The molecule has 0 radical (unpaired) electrons. The van der Waals surface area contributed by atoms with Crippen LogP contribution < -0.4 is 15.0 Å². The number of hydrogen-bond acceptors (Lipinski definition) is 7. The third kappa shape index (κ3) is 6.02. The molecule has 3 aromatic rings. The first kappa shape index (κ1) is 26.7. The van der Waals surface area contributed by atoms with Crippen molar-refractivity contribution in [2.75, 3.05) is 13.7 Å². The molecule has 10 heteroatoms. The largest absolute Gasteiger partial charge is 0.493 e. The molecule has 0 spiro atoms. The van der Waals surface area contributed by atoms with Crippen LogP contribution in [-0.4, -0.2) is 41.7 Å². The summed E-state index contributed by atoms with van der Waals surface area (Å²) in [5.41, 5.74) is 0.706. The molecule has 0 fully saturated rings. The molecule has 0 aliphatic carbocycles. The summed E-state index contributed by atoms with van der Waals surface area (Å²) in [4.78, 5) is 30.3. The number of fused-ring (bicyclic) bond motifs is 1. The van der Waals surface area contributed by atoms with Crippen molar-refractivity contribution in [1.29, 1.82) is 0 Å². The Kier molecular flexibility index (Phi) is 8.91. The Morgan fingerprint density at radius 2 is 2.00 bits per heavy atom. The van der Waals surface area contributed by atoms with Crippen LogP contribution in [0.3, 0.4) is 0 Å². The van der Waals surface area contributed by atoms with E-state index in [9.17, 15) is 9.59 Å². The van der Waals surface area contributed by atoms with Gasteiger partial charge in [0, 0.05) is 27.0 Å². The van der Waals surface area contributed by atoms with Gasteiger partial charge in [0.15, 0.2) is 17.6 Å². The van der Waals surface area contributed by atoms with Crippen LogP contribution >= 0.6 is 27.5 Å². The van der Waals surface area contributed by atoms with Gasteiger partial charge < -0.3 is 14.2 Å². The number of halogens is 2. The highest BCUT2D eigenvalue weighted by Crippen LogP contribution is 2.35. The van der Waals surface area contributed by atoms with Crippen molar-refractivity contribution < 1.29 is 19.0 Å². The highest BCUT2D eigenvalue weighted by molar-refractivity contribution is 9.10. The van der Waals surface area contributed by atoms with Gasteiger partial charge in [-0.2, -0.15) is 9.78 Å². The Balaban J connectivity index is 2.16. The maximum atomic E-state index is 13.4. The van der Waals surface area contributed by atoms with Crippen molar-refractivity contribution in [3.05, 3.63) is 61.6 Å². The summed E-state index contributed by atoms with van der Waals surface area (Å²) in [6.07, 6.45) is 1.30. The maximum absolute atomic E-state index is 13.4. The highest BCUT2D eigenvalue weighted by Gasteiger charge is 2.21. The van der Waals surface area contributed by atoms with Gasteiger partial charge in [-0.1, -0.05) is 41.4 Å². The number of carbonyl (C=O) groups excluding carboxylic acids is 1. The lowest BCUT2D eigenvalue weighted by molar-refractivity contribution is -0.150. The lowest BCUT2D eigenvalue weighted by atomic mass is 10.1. The first-order valence-corrected chi connectivity index (χ1v) is 12.3. The molecule has 0 unspecified atom stereocenters. The number of nitrogens with zero attached hydrogens (tertiary/aromatic N) is 3. The minimum Gasteiger partial charge on any atom is -0.493 e. The molecule has 3 rings (SSSR count). The fraction of sp³-hybridized carbons (Fsp3) is 0.360. The molecule has 35 heavy (non-hydrogen) atoms. The fourth-order valence-electron chi connectivity index (χ4n) is 3.35. The number of carbonyl (C=O) groups is 1. The summed E-state index contributed by atoms with van der Waals surface area (Å²) >= 11 is 9.70. The highest BCUT2D eigenvalue weighted by atomic mass is 79.9. The predicted octanol–water partition coefficient (Wildman–Crippen LogP) is 5.55. The number of hydrogen-bond donors (Lipinski definition) is 0. The number of esters is 1. The van der Waals surface area contributed by atoms with Gasteiger partial charge in [-0.25, -0.2) is 9.78 Å². The van der Waals surface area contributed by atoms with Gasteiger partial charge in [0.2, 0.25) is 0 Å². The Labute approximate surface area is 217 Å². The number of benzene rings is 2. The van der Waals surface area contributed by atoms with Gasteiger partial charge in [-0.05, 0) is 44.5 Å². The molecule has 186 valence electrons. The second-order valence-corrected chi connectivity index (χ2v) is 9.19. The summed E-state index contributed by atoms with van der Waals surface area (Å²) < 4.78 is 18.4. The van der Waals surface area contributed by atoms with Crippen LogP contribution in [0.5, 0.6) is 11.5 Å². The van der Waals surface area contributed by atoms with E-state index in [2.05, 4.69) is 21.0 Å². The molecule has 0 saturated carbocycles. The molecular weight excluding hydrogens is 538 g/mol. The third-order valence-corrected chi connectivity index (χ3v) is 6.09. The lowest BCUT2D eigenvalue weighted by Gasteiger charge is -2.18. The zero-order valence-corrected chi connectivity index (χ0v) is 22.5. The predicted molar refractivity (Wildman–Crippen MR) is 140 cm³/mol. The average molecular weight is 565 g/mol. The second kappa shape index (κ2) is 11.7. The molecule has 0 N–H and O–H groups in total. The molecule has 0 aliphatic heterocycles. The number of methoxy groups -OCH3 is 1. The molecule has 1 aromatic heterocycles. The molecular formula is C25H27BrClN3O5. The van der Waals surface area contributed by atoms with Crippen LogP contribution in [0, 0.1) is 0 Å². The van der Waals surface area contributed by atoms with E-state index < -0.39 is 12.1 Å². The molecule has 0 aliphatic rings. The minimum atomic E-state index is -0.907. The summed E-state index contributed by atoms with van der Waals surface area (Å²) in [5.74, 6) is 0.536. The van der Waals surface area contributed by atoms with E-state index in [0.29, 0.717) is 33.1 Å². The molecule has 0 bridgehead atoms. The van der Waals surface area contributed by atoms with Crippen LogP contribution in [0.4, 0.5) is 0 Å². The van der Waals surface area contributed by atoms with Gasteiger partial charge in [0.25, 0.3) is 5.56 Å². The van der Waals surface area contributed by atoms with Gasteiger partial charge in [-0.15, -0.1) is 0 Å². The number of ether oxygens (including phenoxy) is 3. The maximum Gasteiger partial charge on any atom is 0.347 e. The van der Waals surface area contributed by atoms with Crippen LogP contribution in [0.2, 0.25) is 5.02 Å². The third-order valence-electron chi connectivity index (χ3n) is 5.38. The first-order chi connectivity index (χ1) is 16.7. The van der Waals surface area contributed by atoms with E-state index in [-0.39, 0.29) is 23.8 Å². The molecule has 8 nitrogen and oxygen atoms in total. The van der Waals surface area contributed by atoms with E-state index >= 15 is 0 Å². The molecule has 0 amide bonds. The monoisotopic (exact) mass is 563 g/mol. The molecule has 0 saturated heterocycles. The van der Waals surface area contributed by atoms with E-state index in [0.717, 1.165) is 10.9 Å². The second-order valence-electron chi connectivity index (χ2n) is 7.84. The van der Waals surface area contributed by atoms with Crippen LogP contribution in [0.1, 0.15) is 51.4 Å². The Hall–Kier alpha value is -2.91. The topological polar surface area (TPSA) is 92.0 Å². The van der Waals surface area contributed by atoms with E-state index in [1.165, 1.54) is 18.0 Å². The lowest BCUT2D eigenvalue weighted by Crippen LogP contribution is -2.27. The van der Waals surface area contributed by atoms with Crippen LogP contribution in [0.25, 0.3) is 10.9 Å². The van der Waals surface area contributed by atoms with Crippen molar-refractivity contribution in [2.45, 2.75) is 46.1 Å². The van der Waals surface area contributed by atoms with Crippen molar-refractivity contribution in [2.24, 2.45) is 5.10 Å². The van der Waals surface area contributed by atoms with Gasteiger partial charge in [-0.3, -0.25) is 4.79 Å². The quantitative estimate of drug-likeness (QED) is 0.250. The van der Waals surface area contributed by atoms with Crippen LogP contribution in [-0.2, 0) is 9.53 Å². The summed E-state index contributed by atoms with van der Waals surface area (Å²) in [6, 6.07) is 8.54. The van der Waals surface area contributed by atoms with E-state index in [1.54, 1.807) is 38.1 Å². The van der Waals surface area contributed by atoms with Gasteiger partial charge in [0.05, 0.1) is 30.8 Å². The summed E-state index contributed by atoms with van der Waals surface area (Å²) in [6.45, 7) is 7.51. The zero-order chi connectivity index (χ0) is 25.7. The van der Waals surface area contributed by atoms with E-state index in [1.807, 2.05) is 19.9 Å². The van der Waals surface area contributed by atoms with E-state index in [4.69, 9.17) is 30.8 Å². The standard InChI is InChI=1S/C25H27BrClN3O5/c1-6-14(3)23-29-20-9-8-17(26)11-19(20)24(31)30(23)28-13-16-10-18(27)12-21(33-5)22(16)35-15(4)25(32)34-7-2/h8-15H,6-7H2,1-5H3/t14-,15+/m0/s1. The summed E-state index contributed by atoms with van der Waals surface area (Å²) in [5, 5.41) is 5.28. The minimum absolute atomic E-state index is 0.0265. The molecule has 1 heterocycles. The van der Waals surface area contributed by atoms with Crippen molar-refractivity contribution in [3.8, 4) is 11.5 Å². The van der Waals surface area contributed by atoms with Gasteiger partial charge >= 0.3 is 5.97 Å². The molecule has 2 atom stereocenters. The number of rotatable bonds is 9. The average Bonchev–Trinajstić information content (AvgIpc) is 2.84. The molecule has 2 aromatic carbocycles. The zero-order valence-electron chi connectivity index (χ0n) is 20.2. The first-order valence-electron chi connectivity index (χ1n) is 11.2. The van der Waals surface area contributed by atoms with Crippen LogP contribution in [0.15, 0.2) is 44.7 Å². The smallest absolute Gasteiger partial charge is 0.347 e. The Morgan fingerprint density at radius 3 is 2.66 bits per heavy atom.